The van der Waals surface area contributed by atoms with E-state index in [0.717, 1.165) is 13.2 Å². The van der Waals surface area contributed by atoms with Crippen molar-refractivity contribution >= 4 is 12.4 Å². The van der Waals surface area contributed by atoms with E-state index in [1.807, 2.05) is 0 Å². The molecule has 1 N–H and O–H groups in total. The highest BCUT2D eigenvalue weighted by Gasteiger charge is 2.27. The van der Waals surface area contributed by atoms with Gasteiger partial charge in [-0.05, 0) is 12.8 Å². The Morgan fingerprint density at radius 3 is 2.11 bits per heavy atom. The fourth-order valence-electron chi connectivity index (χ4n) is 1.52. The van der Waals surface area contributed by atoms with Crippen LogP contribution in [-0.2, 0) is 4.74 Å². The highest BCUT2D eigenvalue weighted by Crippen LogP contribution is 2.16. The second-order valence-corrected chi connectivity index (χ2v) is 2.68. The molecule has 0 aliphatic carbocycles. The van der Waals surface area contributed by atoms with Gasteiger partial charge in [0.1, 0.15) is 0 Å². The van der Waals surface area contributed by atoms with Crippen molar-refractivity contribution in [1.29, 1.82) is 0 Å². The maximum absolute atomic E-state index is 5.29. The summed E-state index contributed by atoms with van der Waals surface area (Å²) >= 11 is 0. The van der Waals surface area contributed by atoms with Crippen molar-refractivity contribution in [3.63, 3.8) is 0 Å². The number of morpholine rings is 1. The number of halogens is 1. The first-order valence-corrected chi connectivity index (χ1v) is 3.29. The van der Waals surface area contributed by atoms with Crippen molar-refractivity contribution in [3.05, 3.63) is 0 Å². The van der Waals surface area contributed by atoms with Gasteiger partial charge in [0.25, 0.3) is 0 Å². The summed E-state index contributed by atoms with van der Waals surface area (Å²) < 4.78 is 5.29. The molecule has 0 radical (unpaired) electrons. The standard InChI is InChI=1S/C6H11NO.ClH/c1-2-6-4-8-3-5(1)7-6;/h5-7H,1-4H2;1H/t5-,6+;. The Kier molecular flexibility index (Phi) is 2.33. The Bertz CT molecular complexity index is 85.1. The van der Waals surface area contributed by atoms with Crippen molar-refractivity contribution in [2.24, 2.45) is 0 Å². The van der Waals surface area contributed by atoms with E-state index in [1.54, 1.807) is 0 Å². The zero-order chi connectivity index (χ0) is 5.40. The average molecular weight is 150 g/mol. The summed E-state index contributed by atoms with van der Waals surface area (Å²) in [6, 6.07) is 1.38. The zero-order valence-corrected chi connectivity index (χ0v) is 6.12. The molecule has 0 aromatic rings. The molecule has 2 bridgehead atoms. The first-order chi connectivity index (χ1) is 3.95. The maximum Gasteiger partial charge on any atom is 0.0620 e. The van der Waals surface area contributed by atoms with Crippen LogP contribution in [0.4, 0.5) is 0 Å². The number of rotatable bonds is 0. The molecule has 0 spiro atoms. The molecule has 2 saturated heterocycles. The van der Waals surface area contributed by atoms with Crippen molar-refractivity contribution in [2.75, 3.05) is 13.2 Å². The smallest absolute Gasteiger partial charge is 0.0620 e. The molecule has 2 atom stereocenters. The van der Waals surface area contributed by atoms with E-state index in [4.69, 9.17) is 4.74 Å². The second kappa shape index (κ2) is 2.86. The number of hydrogen-bond donors (Lipinski definition) is 1. The monoisotopic (exact) mass is 149 g/mol. The van der Waals surface area contributed by atoms with Gasteiger partial charge in [-0.2, -0.15) is 0 Å². The van der Waals surface area contributed by atoms with Gasteiger partial charge in [0.15, 0.2) is 0 Å². The van der Waals surface area contributed by atoms with Gasteiger partial charge in [0.05, 0.1) is 13.2 Å². The van der Waals surface area contributed by atoms with Crippen molar-refractivity contribution in [1.82, 2.24) is 5.32 Å². The molecule has 0 unspecified atom stereocenters. The van der Waals surface area contributed by atoms with E-state index in [2.05, 4.69) is 5.32 Å². The van der Waals surface area contributed by atoms with Crippen LogP contribution in [0.15, 0.2) is 0 Å². The highest BCUT2D eigenvalue weighted by molar-refractivity contribution is 5.85. The molecule has 2 aliphatic heterocycles. The average Bonchev–Trinajstić information content (AvgIpc) is 2.12. The molecule has 2 nitrogen and oxygen atoms in total. The number of nitrogens with one attached hydrogen (secondary N) is 1. The predicted octanol–water partition coefficient (Wildman–Crippen LogP) is 0.559. The predicted molar refractivity (Wildman–Crippen MR) is 38.0 cm³/mol. The Balaban J connectivity index is 0.000000405. The Morgan fingerprint density at radius 1 is 1.11 bits per heavy atom. The number of fused-ring (bicyclic) bond motifs is 2. The summed E-state index contributed by atoms with van der Waals surface area (Å²) in [6.45, 7) is 1.88. The first-order valence-electron chi connectivity index (χ1n) is 3.29. The summed E-state index contributed by atoms with van der Waals surface area (Å²) in [5, 5.41) is 3.47. The highest BCUT2D eigenvalue weighted by atomic mass is 35.5. The minimum atomic E-state index is 0. The largest absolute Gasteiger partial charge is 0.378 e. The quantitative estimate of drug-likeness (QED) is 0.544. The molecular formula is C6H12ClNO. The molecule has 3 heteroatoms. The third-order valence-electron chi connectivity index (χ3n) is 1.97. The van der Waals surface area contributed by atoms with Gasteiger partial charge in [-0.1, -0.05) is 0 Å². The molecule has 2 fully saturated rings. The topological polar surface area (TPSA) is 21.3 Å². The second-order valence-electron chi connectivity index (χ2n) is 2.68. The van der Waals surface area contributed by atoms with Crippen LogP contribution in [0.5, 0.6) is 0 Å². The van der Waals surface area contributed by atoms with Crippen LogP contribution >= 0.6 is 12.4 Å². The van der Waals surface area contributed by atoms with Crippen LogP contribution in [0.2, 0.25) is 0 Å². The molecule has 2 aliphatic rings. The molecular weight excluding hydrogens is 138 g/mol. The summed E-state index contributed by atoms with van der Waals surface area (Å²) in [6.07, 6.45) is 2.65. The molecule has 0 amide bonds. The number of ether oxygens (including phenoxy) is 1. The van der Waals surface area contributed by atoms with Crippen LogP contribution in [-0.4, -0.2) is 25.3 Å². The molecule has 2 heterocycles. The van der Waals surface area contributed by atoms with E-state index in [-0.39, 0.29) is 12.4 Å². The lowest BCUT2D eigenvalue weighted by Gasteiger charge is -2.20. The Morgan fingerprint density at radius 2 is 1.67 bits per heavy atom. The molecule has 0 aromatic carbocycles. The van der Waals surface area contributed by atoms with E-state index in [0.29, 0.717) is 12.1 Å². The zero-order valence-electron chi connectivity index (χ0n) is 5.30. The molecule has 54 valence electrons. The fourth-order valence-corrected chi connectivity index (χ4v) is 1.52. The lowest BCUT2D eigenvalue weighted by atomic mass is 10.2. The van der Waals surface area contributed by atoms with Gasteiger partial charge >= 0.3 is 0 Å². The summed E-state index contributed by atoms with van der Waals surface area (Å²) in [5.74, 6) is 0. The molecule has 2 rings (SSSR count). The maximum atomic E-state index is 5.29. The lowest BCUT2D eigenvalue weighted by Crippen LogP contribution is -2.41. The van der Waals surface area contributed by atoms with Crippen LogP contribution in [0, 0.1) is 0 Å². The van der Waals surface area contributed by atoms with Gasteiger partial charge < -0.3 is 10.1 Å². The van der Waals surface area contributed by atoms with Gasteiger partial charge in [0.2, 0.25) is 0 Å². The molecule has 0 aromatic heterocycles. The SMILES string of the molecule is C1C[C@H]2COC[C@@H]1N2.Cl. The molecule has 9 heavy (non-hydrogen) atoms. The van der Waals surface area contributed by atoms with Gasteiger partial charge in [-0.25, -0.2) is 0 Å². The number of hydrogen-bond acceptors (Lipinski definition) is 2. The van der Waals surface area contributed by atoms with Gasteiger partial charge in [0, 0.05) is 12.1 Å². The third kappa shape index (κ3) is 1.37. The molecule has 0 saturated carbocycles. The van der Waals surface area contributed by atoms with E-state index >= 15 is 0 Å². The van der Waals surface area contributed by atoms with Crippen molar-refractivity contribution in [2.45, 2.75) is 24.9 Å². The third-order valence-corrected chi connectivity index (χ3v) is 1.97. The van der Waals surface area contributed by atoms with Crippen molar-refractivity contribution < 1.29 is 4.74 Å². The fraction of sp³-hybridized carbons (Fsp3) is 1.00. The first kappa shape index (κ1) is 7.32. The minimum Gasteiger partial charge on any atom is -0.378 e. The van der Waals surface area contributed by atoms with Crippen LogP contribution in [0.25, 0.3) is 0 Å². The summed E-state index contributed by atoms with van der Waals surface area (Å²) in [5.41, 5.74) is 0. The Labute approximate surface area is 61.4 Å². The normalized spacial score (nSPS) is 40.0. The van der Waals surface area contributed by atoms with E-state index in [1.165, 1.54) is 12.8 Å². The van der Waals surface area contributed by atoms with Gasteiger partial charge in [-0.3, -0.25) is 0 Å². The van der Waals surface area contributed by atoms with Crippen LogP contribution in [0.1, 0.15) is 12.8 Å². The van der Waals surface area contributed by atoms with Gasteiger partial charge in [-0.15, -0.1) is 12.4 Å². The van der Waals surface area contributed by atoms with E-state index < -0.39 is 0 Å². The summed E-state index contributed by atoms with van der Waals surface area (Å²) in [7, 11) is 0. The minimum absolute atomic E-state index is 0. The van der Waals surface area contributed by atoms with E-state index in [9.17, 15) is 0 Å². The van der Waals surface area contributed by atoms with Crippen molar-refractivity contribution in [3.8, 4) is 0 Å². The Hall–Kier alpha value is 0.210. The van der Waals surface area contributed by atoms with Crippen LogP contribution < -0.4 is 5.32 Å². The summed E-state index contributed by atoms with van der Waals surface area (Å²) in [4.78, 5) is 0. The van der Waals surface area contributed by atoms with Crippen LogP contribution in [0.3, 0.4) is 0 Å². The lowest BCUT2D eigenvalue weighted by molar-refractivity contribution is 0.0728.